The molecule has 1 aliphatic carbocycles. The van der Waals surface area contributed by atoms with Crippen molar-refractivity contribution in [1.82, 2.24) is 19.8 Å². The summed E-state index contributed by atoms with van der Waals surface area (Å²) >= 11 is 0. The van der Waals surface area contributed by atoms with Crippen molar-refractivity contribution < 1.29 is 9.53 Å². The molecule has 180 valence electrons. The number of carbonyl (C=O) groups is 1. The zero-order valence-electron chi connectivity index (χ0n) is 20.2. The van der Waals surface area contributed by atoms with E-state index in [2.05, 4.69) is 72.3 Å². The zero-order chi connectivity index (χ0) is 23.7. The molecule has 0 unspecified atom stereocenters. The second kappa shape index (κ2) is 9.76. The van der Waals surface area contributed by atoms with Gasteiger partial charge in [-0.15, -0.1) is 0 Å². The van der Waals surface area contributed by atoms with E-state index in [0.29, 0.717) is 5.91 Å². The number of benzene rings is 1. The average molecular weight is 462 g/mol. The van der Waals surface area contributed by atoms with Crippen molar-refractivity contribution in [1.29, 1.82) is 0 Å². The molecule has 3 aliphatic rings. The first-order valence-corrected chi connectivity index (χ1v) is 12.4. The molecule has 7 heteroatoms. The maximum absolute atomic E-state index is 12.4. The van der Waals surface area contributed by atoms with Crippen LogP contribution in [-0.2, 0) is 9.53 Å². The Balaban J connectivity index is 1.31. The predicted octanol–water partition coefficient (Wildman–Crippen LogP) is 3.58. The number of allylic oxidation sites excluding steroid dienone is 1. The van der Waals surface area contributed by atoms with Gasteiger partial charge in [-0.2, -0.15) is 5.10 Å². The second-order valence-electron chi connectivity index (χ2n) is 9.58. The third-order valence-corrected chi connectivity index (χ3v) is 7.12. The number of piperazine rings is 1. The first-order valence-electron chi connectivity index (χ1n) is 12.4. The Morgan fingerprint density at radius 3 is 2.41 bits per heavy atom. The Bertz CT molecular complexity index is 1060. The largest absolute Gasteiger partial charge is 0.368 e. The van der Waals surface area contributed by atoms with Crippen LogP contribution < -0.4 is 5.32 Å². The summed E-state index contributed by atoms with van der Waals surface area (Å²) in [6.45, 7) is 12.9. The first kappa shape index (κ1) is 22.9. The lowest BCUT2D eigenvalue weighted by Gasteiger charge is -2.37. The molecule has 1 saturated carbocycles. The van der Waals surface area contributed by atoms with Crippen molar-refractivity contribution in [2.24, 2.45) is 11.0 Å². The monoisotopic (exact) mass is 461 g/mol. The van der Waals surface area contributed by atoms with Crippen LogP contribution in [0.2, 0.25) is 0 Å². The molecule has 0 spiro atoms. The number of hydrogen-bond acceptors (Lipinski definition) is 5. The zero-order valence-corrected chi connectivity index (χ0v) is 20.2. The van der Waals surface area contributed by atoms with Gasteiger partial charge in [0.25, 0.3) is 0 Å². The lowest BCUT2D eigenvalue weighted by Crippen LogP contribution is -2.48. The molecule has 1 aromatic heterocycles. The summed E-state index contributed by atoms with van der Waals surface area (Å²) < 4.78 is 7.94. The molecule has 1 N–H and O–H groups in total. The quantitative estimate of drug-likeness (QED) is 0.668. The van der Waals surface area contributed by atoms with E-state index in [1.807, 2.05) is 15.8 Å². The Kier molecular flexibility index (Phi) is 6.57. The number of hydrogen-bond donors (Lipinski definition) is 1. The van der Waals surface area contributed by atoms with Crippen LogP contribution >= 0.6 is 0 Å². The predicted molar refractivity (Wildman–Crippen MR) is 136 cm³/mol. The first-order chi connectivity index (χ1) is 16.6. The summed E-state index contributed by atoms with van der Waals surface area (Å²) in [5.41, 5.74) is 5.58. The fourth-order valence-corrected chi connectivity index (χ4v) is 5.05. The van der Waals surface area contributed by atoms with Crippen molar-refractivity contribution >= 4 is 18.3 Å². The van der Waals surface area contributed by atoms with Crippen molar-refractivity contribution in [3.05, 3.63) is 53.9 Å². The van der Waals surface area contributed by atoms with Gasteiger partial charge in [-0.25, -0.2) is 4.68 Å². The van der Waals surface area contributed by atoms with Gasteiger partial charge in [0.05, 0.1) is 23.6 Å². The Morgan fingerprint density at radius 2 is 1.79 bits per heavy atom. The molecule has 7 nitrogen and oxygen atoms in total. The van der Waals surface area contributed by atoms with Gasteiger partial charge in [0.1, 0.15) is 0 Å². The molecule has 3 heterocycles. The Morgan fingerprint density at radius 1 is 1.09 bits per heavy atom. The smallest absolute Gasteiger partial charge is 0.225 e. The molecular formula is C27H35N5O2. The number of nitrogens with one attached hydrogen (secondary N) is 1. The van der Waals surface area contributed by atoms with Crippen molar-refractivity contribution in [2.75, 3.05) is 39.3 Å². The summed E-state index contributed by atoms with van der Waals surface area (Å²) in [6.07, 6.45) is 6.61. The molecule has 2 aliphatic heterocycles. The molecule has 34 heavy (non-hydrogen) atoms. The van der Waals surface area contributed by atoms with Crippen LogP contribution in [0.15, 0.2) is 47.7 Å². The number of amides is 1. The van der Waals surface area contributed by atoms with E-state index >= 15 is 0 Å². The van der Waals surface area contributed by atoms with Crippen LogP contribution in [0.1, 0.15) is 44.1 Å². The topological polar surface area (TPSA) is 62.1 Å². The fraction of sp³-hybridized carbons (Fsp3) is 0.481. The third-order valence-electron chi connectivity index (χ3n) is 7.12. The fourth-order valence-electron chi connectivity index (χ4n) is 5.05. The molecule has 2 aromatic rings. The van der Waals surface area contributed by atoms with E-state index in [9.17, 15) is 4.79 Å². The molecule has 2 atom stereocenters. The van der Waals surface area contributed by atoms with Crippen LogP contribution in [0.25, 0.3) is 16.8 Å². The van der Waals surface area contributed by atoms with Gasteiger partial charge in [0.2, 0.25) is 5.91 Å². The van der Waals surface area contributed by atoms with Crippen molar-refractivity contribution in [2.45, 2.75) is 38.9 Å². The Labute approximate surface area is 202 Å². The third kappa shape index (κ3) is 4.68. The van der Waals surface area contributed by atoms with Gasteiger partial charge < -0.3 is 19.9 Å². The maximum atomic E-state index is 12.4. The van der Waals surface area contributed by atoms with E-state index in [1.54, 1.807) is 0 Å². The number of nitrogens with zero attached hydrogens (tertiary/aromatic N) is 4. The lowest BCUT2D eigenvalue weighted by atomic mass is 10.0. The minimum Gasteiger partial charge on any atom is -0.368 e. The molecule has 5 rings (SSSR count). The minimum absolute atomic E-state index is 0.0906. The summed E-state index contributed by atoms with van der Waals surface area (Å²) in [5, 5.41) is 7.70. The molecule has 1 aromatic carbocycles. The van der Waals surface area contributed by atoms with Gasteiger partial charge in [0.15, 0.2) is 0 Å². The van der Waals surface area contributed by atoms with Gasteiger partial charge in [0, 0.05) is 63.7 Å². The number of aromatic nitrogens is 1. The number of carbonyl (C=O) groups excluding carboxylic acids is 1. The molecule has 0 radical (unpaired) electrons. The maximum Gasteiger partial charge on any atom is 0.225 e. The van der Waals surface area contributed by atoms with Crippen molar-refractivity contribution in [3.8, 4) is 11.1 Å². The molecule has 1 amide bonds. The van der Waals surface area contributed by atoms with E-state index in [1.165, 1.54) is 5.56 Å². The highest BCUT2D eigenvalue weighted by Crippen LogP contribution is 2.33. The van der Waals surface area contributed by atoms with Gasteiger partial charge in [-0.05, 0) is 43.9 Å². The molecular weight excluding hydrogens is 426 g/mol. The van der Waals surface area contributed by atoms with Crippen LogP contribution in [0, 0.1) is 5.92 Å². The Hall–Kier alpha value is -2.90. The van der Waals surface area contributed by atoms with E-state index in [-0.39, 0.29) is 18.1 Å². The van der Waals surface area contributed by atoms with E-state index in [4.69, 9.17) is 4.74 Å². The van der Waals surface area contributed by atoms with Crippen molar-refractivity contribution in [3.63, 3.8) is 0 Å². The molecule has 0 bridgehead atoms. The van der Waals surface area contributed by atoms with Crippen LogP contribution in [0.4, 0.5) is 0 Å². The highest BCUT2D eigenvalue weighted by molar-refractivity contribution is 5.81. The van der Waals surface area contributed by atoms with E-state index in [0.717, 1.165) is 74.6 Å². The SMILES string of the molecule is C=Nn1cc(-c2ccc([C@H]3CNC[C@@H](C)O3)cc2)cc1/C(=C\C)N1CCN(C(=O)C2CC2)CC1. The van der Waals surface area contributed by atoms with Gasteiger partial charge >= 0.3 is 0 Å². The molecule has 3 fully saturated rings. The van der Waals surface area contributed by atoms with Crippen LogP contribution in [0.5, 0.6) is 0 Å². The van der Waals surface area contributed by atoms with Crippen LogP contribution in [-0.4, -0.2) is 72.5 Å². The average Bonchev–Trinajstić information content (AvgIpc) is 3.64. The van der Waals surface area contributed by atoms with E-state index < -0.39 is 0 Å². The molecule has 2 saturated heterocycles. The number of ether oxygens (including phenoxy) is 1. The summed E-state index contributed by atoms with van der Waals surface area (Å²) in [5.74, 6) is 0.626. The summed E-state index contributed by atoms with van der Waals surface area (Å²) in [7, 11) is 0. The standard InChI is InChI=1S/C27H35N5O2/c1-4-24(30-11-13-31(14-12-30)27(33)22-9-10-22)25-15-23(18-32(25)28-3)20-5-7-21(8-6-20)26-17-29-16-19(2)34-26/h4-8,15,18-19,22,26,29H,3,9-14,16-17H2,1-2H3/b24-4+/t19-,26-/m1/s1. The minimum atomic E-state index is 0.0906. The summed E-state index contributed by atoms with van der Waals surface area (Å²) in [6, 6.07) is 10.8. The second-order valence-corrected chi connectivity index (χ2v) is 9.58. The number of morpholine rings is 1. The van der Waals surface area contributed by atoms with Crippen LogP contribution in [0.3, 0.4) is 0 Å². The highest BCUT2D eigenvalue weighted by atomic mass is 16.5. The normalized spacial score (nSPS) is 23.8. The summed E-state index contributed by atoms with van der Waals surface area (Å²) in [4.78, 5) is 16.8. The lowest BCUT2D eigenvalue weighted by molar-refractivity contribution is -0.133. The highest BCUT2D eigenvalue weighted by Gasteiger charge is 2.35. The van der Waals surface area contributed by atoms with Gasteiger partial charge in [-0.3, -0.25) is 4.79 Å². The van der Waals surface area contributed by atoms with Gasteiger partial charge in [-0.1, -0.05) is 30.3 Å². The number of rotatable bonds is 6.